The zero-order valence-electron chi connectivity index (χ0n) is 17.2. The second kappa shape index (κ2) is 8.32. The first kappa shape index (κ1) is 19.5. The van der Waals surface area contributed by atoms with E-state index in [9.17, 15) is 4.79 Å². The van der Waals surface area contributed by atoms with Crippen molar-refractivity contribution in [3.63, 3.8) is 0 Å². The summed E-state index contributed by atoms with van der Waals surface area (Å²) >= 11 is 1.69. The number of Topliss-reactive ketones (excluding diaryl/α,β-unsaturated/α-hetero) is 1. The second-order valence-corrected chi connectivity index (χ2v) is 8.58. The van der Waals surface area contributed by atoms with Crippen LogP contribution in [0.2, 0.25) is 0 Å². The third kappa shape index (κ3) is 3.82. The van der Waals surface area contributed by atoms with Gasteiger partial charge < -0.3 is 9.21 Å². The molecule has 0 atom stereocenters. The van der Waals surface area contributed by atoms with E-state index in [0.29, 0.717) is 18.4 Å². The van der Waals surface area contributed by atoms with Crippen LogP contribution >= 0.6 is 11.3 Å². The molecule has 0 radical (unpaired) electrons. The highest BCUT2D eigenvalue weighted by Gasteiger charge is 2.19. The van der Waals surface area contributed by atoms with Crippen LogP contribution in [-0.4, -0.2) is 5.78 Å². The van der Waals surface area contributed by atoms with E-state index in [4.69, 9.17) is 9.41 Å². The smallest absolute Gasteiger partial charge is 0.237 e. The van der Waals surface area contributed by atoms with Crippen molar-refractivity contribution < 1.29 is 9.21 Å². The van der Waals surface area contributed by atoms with Crippen molar-refractivity contribution in [1.29, 1.82) is 0 Å². The first-order valence-electron chi connectivity index (χ1n) is 10.3. The predicted octanol–water partition coefficient (Wildman–Crippen LogP) is 7.07. The van der Waals surface area contributed by atoms with Gasteiger partial charge in [0.05, 0.1) is 10.4 Å². The van der Waals surface area contributed by atoms with Crippen LogP contribution in [0.25, 0.3) is 31.5 Å². The van der Waals surface area contributed by atoms with Gasteiger partial charge in [-0.3, -0.25) is 0 Å². The van der Waals surface area contributed by atoms with Gasteiger partial charge in [-0.15, -0.1) is 11.3 Å². The number of fused-ring (bicyclic) bond motifs is 3. The maximum absolute atomic E-state index is 11.9. The van der Waals surface area contributed by atoms with Crippen molar-refractivity contribution >= 4 is 43.0 Å². The van der Waals surface area contributed by atoms with E-state index >= 15 is 0 Å². The summed E-state index contributed by atoms with van der Waals surface area (Å²) in [4.78, 5) is 16.7. The summed E-state index contributed by atoms with van der Waals surface area (Å²) in [6, 6.07) is 28.3. The molecule has 5 aromatic rings. The quantitative estimate of drug-likeness (QED) is 0.303. The molecule has 3 nitrogen and oxygen atoms in total. The molecule has 152 valence electrons. The number of thiophene rings is 1. The number of carbonyl (C=O) groups is 1. The Morgan fingerprint density at radius 3 is 2.32 bits per heavy atom. The summed E-state index contributed by atoms with van der Waals surface area (Å²) in [6.45, 7) is 1.64. The predicted molar refractivity (Wildman–Crippen MR) is 128 cm³/mol. The fourth-order valence-corrected chi connectivity index (χ4v) is 5.03. The molecule has 0 amide bonds. The van der Waals surface area contributed by atoms with Crippen molar-refractivity contribution in [3.8, 4) is 11.3 Å². The molecule has 2 aromatic heterocycles. The summed E-state index contributed by atoms with van der Waals surface area (Å²) in [5.74, 6) is 0.956. The van der Waals surface area contributed by atoms with Crippen LogP contribution in [0.5, 0.6) is 0 Å². The Balaban J connectivity index is 1.91. The highest BCUT2D eigenvalue weighted by atomic mass is 32.1. The lowest BCUT2D eigenvalue weighted by atomic mass is 9.97. The molecule has 0 bridgehead atoms. The standard InChI is InChI=1S/C27H21NO2S/c1-18(29)16-17-22-24-21-14-8-9-15-23(21)31-26(24)27(28-20-12-6-3-7-13-20)30-25(22)19-10-4-2-5-11-19/h2-15H,16-17H2,1H3. The average Bonchev–Trinajstić information content (AvgIpc) is 3.19. The third-order valence-corrected chi connectivity index (χ3v) is 6.47. The first-order valence-corrected chi connectivity index (χ1v) is 11.1. The number of benzene rings is 3. The lowest BCUT2D eigenvalue weighted by molar-refractivity contribution is -0.116. The number of hydrogen-bond acceptors (Lipinski definition) is 4. The molecule has 0 unspecified atom stereocenters. The van der Waals surface area contributed by atoms with E-state index in [1.165, 1.54) is 10.1 Å². The third-order valence-electron chi connectivity index (χ3n) is 5.31. The van der Waals surface area contributed by atoms with E-state index in [1.54, 1.807) is 18.3 Å². The van der Waals surface area contributed by atoms with E-state index < -0.39 is 0 Å². The number of hydrogen-bond donors (Lipinski definition) is 0. The highest BCUT2D eigenvalue weighted by Crippen LogP contribution is 2.38. The molecule has 0 saturated heterocycles. The number of ketones is 1. The van der Waals surface area contributed by atoms with Gasteiger partial charge in [0.15, 0.2) is 0 Å². The second-order valence-electron chi connectivity index (χ2n) is 7.53. The maximum Gasteiger partial charge on any atom is 0.237 e. The normalized spacial score (nSPS) is 12.0. The van der Waals surface area contributed by atoms with Crippen molar-refractivity contribution in [3.05, 3.63) is 96.0 Å². The van der Waals surface area contributed by atoms with Gasteiger partial charge in [-0.2, -0.15) is 0 Å². The van der Waals surface area contributed by atoms with E-state index in [-0.39, 0.29) is 5.78 Å². The van der Waals surface area contributed by atoms with Crippen molar-refractivity contribution in [2.24, 2.45) is 4.99 Å². The van der Waals surface area contributed by atoms with Crippen LogP contribution < -0.4 is 5.55 Å². The van der Waals surface area contributed by atoms with E-state index in [1.807, 2.05) is 60.7 Å². The van der Waals surface area contributed by atoms with Gasteiger partial charge in [-0.05, 0) is 31.5 Å². The molecule has 0 spiro atoms. The summed E-state index contributed by atoms with van der Waals surface area (Å²) in [5, 5.41) is 2.32. The van der Waals surface area contributed by atoms with Crippen LogP contribution in [0.1, 0.15) is 18.9 Å². The number of nitrogens with zero attached hydrogens (tertiary/aromatic N) is 1. The highest BCUT2D eigenvalue weighted by molar-refractivity contribution is 7.25. The monoisotopic (exact) mass is 423 g/mol. The molecule has 0 saturated carbocycles. The lowest BCUT2D eigenvalue weighted by Gasteiger charge is -2.11. The average molecular weight is 424 g/mol. The molecule has 0 aliphatic carbocycles. The van der Waals surface area contributed by atoms with Crippen molar-refractivity contribution in [2.75, 3.05) is 0 Å². The molecule has 4 heteroatoms. The Morgan fingerprint density at radius 1 is 0.903 bits per heavy atom. The van der Waals surface area contributed by atoms with Crippen molar-refractivity contribution in [1.82, 2.24) is 0 Å². The number of rotatable bonds is 5. The van der Waals surface area contributed by atoms with Gasteiger partial charge in [-0.25, -0.2) is 4.99 Å². The fraction of sp³-hybridized carbons (Fsp3) is 0.111. The molecule has 31 heavy (non-hydrogen) atoms. The molecule has 3 aromatic carbocycles. The van der Waals surface area contributed by atoms with Gasteiger partial charge in [0, 0.05) is 33.0 Å². The van der Waals surface area contributed by atoms with Crippen LogP contribution in [0.15, 0.2) is 94.3 Å². The van der Waals surface area contributed by atoms with Crippen LogP contribution in [-0.2, 0) is 11.2 Å². The molecule has 0 N–H and O–H groups in total. The maximum atomic E-state index is 11.9. The van der Waals surface area contributed by atoms with Gasteiger partial charge >= 0.3 is 0 Å². The minimum Gasteiger partial charge on any atom is -0.437 e. The number of para-hydroxylation sites is 1. The number of aryl methyl sites for hydroxylation is 1. The summed E-state index contributed by atoms with van der Waals surface area (Å²) in [5.41, 5.74) is 3.51. The van der Waals surface area contributed by atoms with Crippen LogP contribution in [0.3, 0.4) is 0 Å². The molecule has 5 rings (SSSR count). The van der Waals surface area contributed by atoms with Crippen LogP contribution in [0, 0.1) is 0 Å². The zero-order chi connectivity index (χ0) is 21.2. The zero-order valence-corrected chi connectivity index (χ0v) is 18.0. The van der Waals surface area contributed by atoms with Crippen molar-refractivity contribution in [2.45, 2.75) is 19.8 Å². The number of carbonyl (C=O) groups excluding carboxylic acids is 1. The SMILES string of the molecule is CC(=O)CCc1c(-c2ccccc2)oc(=Nc2ccccc2)c2sc3ccccc3c12. The molecule has 0 aliphatic heterocycles. The van der Waals surface area contributed by atoms with E-state index in [0.717, 1.165) is 32.7 Å². The Hall–Kier alpha value is -3.50. The minimum absolute atomic E-state index is 0.171. The minimum atomic E-state index is 0.171. The Bertz CT molecular complexity index is 1450. The van der Waals surface area contributed by atoms with Gasteiger partial charge in [0.1, 0.15) is 11.5 Å². The molecule has 0 aliphatic rings. The molecular formula is C27H21NO2S. The Labute approximate surface area is 184 Å². The van der Waals surface area contributed by atoms with Gasteiger partial charge in [0.25, 0.3) is 0 Å². The molecule has 2 heterocycles. The lowest BCUT2D eigenvalue weighted by Crippen LogP contribution is -2.06. The largest absolute Gasteiger partial charge is 0.437 e. The summed E-state index contributed by atoms with van der Waals surface area (Å²) in [6.07, 6.45) is 1.11. The molecule has 0 fully saturated rings. The summed E-state index contributed by atoms with van der Waals surface area (Å²) < 4.78 is 8.71. The Kier molecular flexibility index (Phi) is 5.23. The fourth-order valence-electron chi connectivity index (χ4n) is 3.87. The van der Waals surface area contributed by atoms with E-state index in [2.05, 4.69) is 24.3 Å². The topological polar surface area (TPSA) is 42.6 Å². The van der Waals surface area contributed by atoms with Gasteiger partial charge in [0.2, 0.25) is 5.55 Å². The first-order chi connectivity index (χ1) is 15.2. The molecular weight excluding hydrogens is 402 g/mol. The Morgan fingerprint density at radius 2 is 1.58 bits per heavy atom. The van der Waals surface area contributed by atoms with Crippen LogP contribution in [0.4, 0.5) is 5.69 Å². The summed E-state index contributed by atoms with van der Waals surface area (Å²) in [7, 11) is 0. The van der Waals surface area contributed by atoms with Gasteiger partial charge in [-0.1, -0.05) is 66.7 Å².